The van der Waals surface area contributed by atoms with Gasteiger partial charge in [0.2, 0.25) is 6.41 Å². The van der Waals surface area contributed by atoms with Crippen molar-refractivity contribution in [1.82, 2.24) is 19.7 Å². The summed E-state index contributed by atoms with van der Waals surface area (Å²) in [6.07, 6.45) is -3.45. The van der Waals surface area contributed by atoms with Gasteiger partial charge in [-0.1, -0.05) is 0 Å². The third kappa shape index (κ3) is 3.03. The Morgan fingerprint density at radius 2 is 2.04 bits per heavy atom. The number of hydrogen-bond donors (Lipinski definition) is 0. The van der Waals surface area contributed by atoms with Crippen LogP contribution in [0.2, 0.25) is 0 Å². The van der Waals surface area contributed by atoms with Crippen molar-refractivity contribution in [3.63, 3.8) is 0 Å². The van der Waals surface area contributed by atoms with E-state index >= 15 is 0 Å². The van der Waals surface area contributed by atoms with Crippen LogP contribution in [-0.4, -0.2) is 45.3 Å². The summed E-state index contributed by atoms with van der Waals surface area (Å²) in [6.45, 7) is 2.07. The maximum Gasteiger partial charge on any atom is 0.435 e. The van der Waals surface area contributed by atoms with Crippen LogP contribution in [0.1, 0.15) is 11.4 Å². The number of aromatic nitrogens is 3. The highest BCUT2D eigenvalue weighted by atomic mass is 19.4. The topological polar surface area (TPSA) is 60.2 Å². The Bertz CT molecular complexity index is 769. The molecule has 1 fully saturated rings. The number of rotatable bonds is 4. The van der Waals surface area contributed by atoms with Crippen molar-refractivity contribution in [2.45, 2.75) is 19.2 Å². The van der Waals surface area contributed by atoms with E-state index in [-0.39, 0.29) is 23.4 Å². The van der Waals surface area contributed by atoms with Gasteiger partial charge in [0.25, 0.3) is 0 Å². The first-order chi connectivity index (χ1) is 11.3. The molecule has 24 heavy (non-hydrogen) atoms. The molecule has 2 aromatic rings. The average molecular weight is 344 g/mol. The van der Waals surface area contributed by atoms with E-state index in [4.69, 9.17) is 4.74 Å². The molecule has 1 saturated heterocycles. The lowest BCUT2D eigenvalue weighted by atomic mass is 10.2. The summed E-state index contributed by atoms with van der Waals surface area (Å²) in [5.74, 6) is -0.894. The van der Waals surface area contributed by atoms with Gasteiger partial charge in [0.15, 0.2) is 23.1 Å². The predicted molar refractivity (Wildman–Crippen MR) is 73.1 cm³/mol. The lowest BCUT2D eigenvalue weighted by Gasteiger charge is -2.36. The first kappa shape index (κ1) is 16.2. The van der Waals surface area contributed by atoms with E-state index in [1.165, 1.54) is 17.9 Å². The summed E-state index contributed by atoms with van der Waals surface area (Å²) in [5.41, 5.74) is -0.864. The molecule has 0 aromatic carbocycles. The second kappa shape index (κ2) is 5.77. The zero-order valence-corrected chi connectivity index (χ0v) is 12.4. The number of ether oxygens (including phenoxy) is 1. The molecule has 1 aliphatic heterocycles. The maximum absolute atomic E-state index is 13.8. The van der Waals surface area contributed by atoms with E-state index < -0.39 is 17.7 Å². The van der Waals surface area contributed by atoms with Gasteiger partial charge in [-0.15, -0.1) is 0 Å². The van der Waals surface area contributed by atoms with Gasteiger partial charge >= 0.3 is 6.18 Å². The highest BCUT2D eigenvalue weighted by molar-refractivity contribution is 5.49. The van der Waals surface area contributed by atoms with Gasteiger partial charge < -0.3 is 9.64 Å². The number of carbonyl (C=O) groups is 1. The fourth-order valence-corrected chi connectivity index (χ4v) is 2.27. The molecular weight excluding hydrogens is 332 g/mol. The van der Waals surface area contributed by atoms with Gasteiger partial charge in [-0.25, -0.2) is 14.1 Å². The number of nitrogens with zero attached hydrogens (tertiary/aromatic N) is 4. The van der Waals surface area contributed by atoms with Gasteiger partial charge in [0.05, 0.1) is 19.3 Å². The van der Waals surface area contributed by atoms with E-state index in [0.29, 0.717) is 19.5 Å². The van der Waals surface area contributed by atoms with Crippen LogP contribution in [0.3, 0.4) is 0 Å². The quantitative estimate of drug-likeness (QED) is 0.628. The van der Waals surface area contributed by atoms with Crippen LogP contribution in [0.15, 0.2) is 18.3 Å². The number of hydrogen-bond acceptors (Lipinski definition) is 4. The minimum Gasteiger partial charge on any atom is -0.483 e. The Kier molecular flexibility index (Phi) is 3.90. The average Bonchev–Trinajstić information content (AvgIpc) is 2.86. The molecule has 0 aliphatic carbocycles. The zero-order valence-electron chi connectivity index (χ0n) is 12.4. The first-order valence-electron chi connectivity index (χ1n) is 6.93. The molecule has 0 saturated carbocycles. The van der Waals surface area contributed by atoms with Crippen molar-refractivity contribution in [3.8, 4) is 11.6 Å². The minimum atomic E-state index is -4.58. The molecule has 0 spiro atoms. The molecule has 1 amide bonds. The second-order valence-electron chi connectivity index (χ2n) is 5.35. The van der Waals surface area contributed by atoms with Crippen molar-refractivity contribution in [2.24, 2.45) is 0 Å². The fourth-order valence-electron chi connectivity index (χ4n) is 2.27. The number of alkyl halides is 3. The first-order valence-corrected chi connectivity index (χ1v) is 6.93. The number of halogens is 4. The molecule has 6 nitrogen and oxygen atoms in total. The summed E-state index contributed by atoms with van der Waals surface area (Å²) in [7, 11) is 0. The number of carbonyl (C=O) groups excluding carboxylic acids is 1. The Morgan fingerprint density at radius 1 is 1.33 bits per heavy atom. The van der Waals surface area contributed by atoms with Gasteiger partial charge in [-0.2, -0.15) is 18.3 Å². The fraction of sp³-hybridized carbons (Fsp3) is 0.357. The van der Waals surface area contributed by atoms with Crippen LogP contribution in [0.25, 0.3) is 5.82 Å². The summed E-state index contributed by atoms with van der Waals surface area (Å²) in [5, 5.41) is 3.46. The molecule has 3 rings (SSSR count). The summed E-state index contributed by atoms with van der Waals surface area (Å²) in [6, 6.07) is 2.05. The monoisotopic (exact) mass is 344 g/mol. The molecular formula is C14H12F4N4O2. The van der Waals surface area contributed by atoms with E-state index in [2.05, 4.69) is 10.1 Å². The molecule has 0 N–H and O–H groups in total. The van der Waals surface area contributed by atoms with Crippen LogP contribution in [0, 0.1) is 12.7 Å². The molecule has 0 atom stereocenters. The Balaban J connectivity index is 1.86. The third-order valence-electron chi connectivity index (χ3n) is 3.52. The smallest absolute Gasteiger partial charge is 0.435 e. The number of likely N-dealkylation sites (tertiary alicyclic amines) is 1. The molecule has 2 aromatic heterocycles. The molecule has 1 aliphatic rings. The van der Waals surface area contributed by atoms with Gasteiger partial charge in [0.1, 0.15) is 6.10 Å². The van der Waals surface area contributed by atoms with Crippen molar-refractivity contribution in [3.05, 3.63) is 35.5 Å². The van der Waals surface area contributed by atoms with Gasteiger partial charge in [-0.05, 0) is 13.0 Å². The highest BCUT2D eigenvalue weighted by Crippen LogP contribution is 2.30. The van der Waals surface area contributed by atoms with Crippen LogP contribution in [0.5, 0.6) is 5.75 Å². The molecule has 0 radical (unpaired) electrons. The van der Waals surface area contributed by atoms with Gasteiger partial charge in [0, 0.05) is 11.8 Å². The van der Waals surface area contributed by atoms with Crippen molar-refractivity contribution < 1.29 is 27.1 Å². The van der Waals surface area contributed by atoms with E-state index in [0.717, 1.165) is 16.9 Å². The predicted octanol–water partition coefficient (Wildman–Crippen LogP) is 1.95. The number of amides is 1. The van der Waals surface area contributed by atoms with Crippen molar-refractivity contribution in [1.29, 1.82) is 0 Å². The molecule has 3 heterocycles. The molecule has 128 valence electrons. The highest BCUT2D eigenvalue weighted by Gasteiger charge is 2.35. The Hall–Kier alpha value is -2.65. The SMILES string of the molecule is Cc1cc(C(F)(F)F)nn1-c1cc(OC2CN(C=O)C2)c(F)cn1. The van der Waals surface area contributed by atoms with E-state index in [1.807, 2.05) is 0 Å². The molecule has 10 heteroatoms. The summed E-state index contributed by atoms with van der Waals surface area (Å²) >= 11 is 0. The Morgan fingerprint density at radius 3 is 2.62 bits per heavy atom. The largest absolute Gasteiger partial charge is 0.483 e. The second-order valence-corrected chi connectivity index (χ2v) is 5.35. The number of pyridine rings is 1. The van der Waals surface area contributed by atoms with Crippen molar-refractivity contribution >= 4 is 6.41 Å². The third-order valence-corrected chi connectivity index (χ3v) is 3.52. The lowest BCUT2D eigenvalue weighted by Crippen LogP contribution is -2.52. The van der Waals surface area contributed by atoms with Crippen LogP contribution >= 0.6 is 0 Å². The minimum absolute atomic E-state index is 0.00552. The van der Waals surface area contributed by atoms with Crippen LogP contribution in [0.4, 0.5) is 17.6 Å². The summed E-state index contributed by atoms with van der Waals surface area (Å²) < 4.78 is 58.3. The van der Waals surface area contributed by atoms with E-state index in [9.17, 15) is 22.4 Å². The number of aryl methyl sites for hydroxylation is 1. The van der Waals surface area contributed by atoms with E-state index in [1.54, 1.807) is 0 Å². The maximum atomic E-state index is 13.8. The van der Waals surface area contributed by atoms with Gasteiger partial charge in [-0.3, -0.25) is 4.79 Å². The van der Waals surface area contributed by atoms with Crippen LogP contribution < -0.4 is 4.74 Å². The normalized spacial score (nSPS) is 15.3. The van der Waals surface area contributed by atoms with Crippen LogP contribution in [-0.2, 0) is 11.0 Å². The van der Waals surface area contributed by atoms with Crippen molar-refractivity contribution in [2.75, 3.05) is 13.1 Å². The zero-order chi connectivity index (χ0) is 17.5. The molecule has 0 unspecified atom stereocenters. The summed E-state index contributed by atoms with van der Waals surface area (Å²) in [4.78, 5) is 15.7. The lowest BCUT2D eigenvalue weighted by molar-refractivity contribution is -0.141. The Labute approximate surface area is 133 Å². The molecule has 0 bridgehead atoms. The standard InChI is InChI=1S/C14H12F4N4O2/c1-8-2-12(14(16,17)18)20-22(8)13-3-11(10(15)4-19-13)24-9-5-21(6-9)7-23/h2-4,7,9H,5-6H2,1H3.